The Bertz CT molecular complexity index is 376. The first-order chi connectivity index (χ1) is 9.05. The van der Waals surface area contributed by atoms with Gasteiger partial charge in [0.2, 0.25) is 0 Å². The minimum Gasteiger partial charge on any atom is -0.491 e. The van der Waals surface area contributed by atoms with E-state index in [9.17, 15) is 0 Å². The molecule has 0 atom stereocenters. The maximum Gasteiger partial charge on any atom is 0.119 e. The van der Waals surface area contributed by atoms with Gasteiger partial charge in [-0.1, -0.05) is 13.8 Å². The monoisotopic (exact) mass is 263 g/mol. The van der Waals surface area contributed by atoms with Gasteiger partial charge in [0.25, 0.3) is 0 Å². The zero-order valence-electron chi connectivity index (χ0n) is 12.0. The van der Waals surface area contributed by atoms with Gasteiger partial charge >= 0.3 is 0 Å². The lowest BCUT2D eigenvalue weighted by Gasteiger charge is -2.34. The van der Waals surface area contributed by atoms with E-state index in [0.717, 1.165) is 11.4 Å². The second-order valence-corrected chi connectivity index (χ2v) is 6.15. The molecule has 1 aliphatic rings. The number of anilines is 1. The SMILES string of the molecule is CC1(C)CCC(OCCOc2ccc(N)cc2)CC1. The molecule has 2 rings (SSSR count). The zero-order valence-corrected chi connectivity index (χ0v) is 12.0. The summed E-state index contributed by atoms with van der Waals surface area (Å²) in [5, 5.41) is 0. The maximum absolute atomic E-state index is 5.87. The van der Waals surface area contributed by atoms with Crippen LogP contribution in [-0.4, -0.2) is 19.3 Å². The highest BCUT2D eigenvalue weighted by atomic mass is 16.5. The first-order valence-corrected chi connectivity index (χ1v) is 7.15. The highest BCUT2D eigenvalue weighted by Crippen LogP contribution is 2.36. The fourth-order valence-electron chi connectivity index (χ4n) is 2.48. The lowest BCUT2D eigenvalue weighted by molar-refractivity contribution is -0.00731. The highest BCUT2D eigenvalue weighted by molar-refractivity contribution is 5.41. The van der Waals surface area contributed by atoms with Crippen molar-refractivity contribution in [1.82, 2.24) is 0 Å². The van der Waals surface area contributed by atoms with Gasteiger partial charge in [0.15, 0.2) is 0 Å². The summed E-state index contributed by atoms with van der Waals surface area (Å²) < 4.78 is 11.5. The molecule has 0 aromatic heterocycles. The van der Waals surface area contributed by atoms with Gasteiger partial charge in [0, 0.05) is 5.69 Å². The van der Waals surface area contributed by atoms with E-state index in [0.29, 0.717) is 24.7 Å². The number of nitrogens with two attached hydrogens (primary N) is 1. The molecule has 0 unspecified atom stereocenters. The fraction of sp³-hybridized carbons (Fsp3) is 0.625. The normalized spacial score (nSPS) is 19.3. The van der Waals surface area contributed by atoms with Crippen LogP contribution in [0.4, 0.5) is 5.69 Å². The van der Waals surface area contributed by atoms with E-state index >= 15 is 0 Å². The van der Waals surface area contributed by atoms with E-state index in [1.54, 1.807) is 0 Å². The average Bonchev–Trinajstić information content (AvgIpc) is 2.38. The summed E-state index contributed by atoms with van der Waals surface area (Å²) in [4.78, 5) is 0. The van der Waals surface area contributed by atoms with Crippen molar-refractivity contribution in [2.24, 2.45) is 5.41 Å². The van der Waals surface area contributed by atoms with Crippen LogP contribution in [0, 0.1) is 5.41 Å². The Morgan fingerprint density at radius 3 is 2.37 bits per heavy atom. The lowest BCUT2D eigenvalue weighted by atomic mass is 9.76. The molecule has 0 heterocycles. The third-order valence-corrected chi connectivity index (χ3v) is 3.87. The highest BCUT2D eigenvalue weighted by Gasteiger charge is 2.26. The van der Waals surface area contributed by atoms with E-state index in [4.69, 9.17) is 15.2 Å². The predicted octanol–water partition coefficient (Wildman–Crippen LogP) is 3.63. The third kappa shape index (κ3) is 4.75. The molecule has 2 N–H and O–H groups in total. The number of hydrogen-bond acceptors (Lipinski definition) is 3. The number of hydrogen-bond donors (Lipinski definition) is 1. The second kappa shape index (κ2) is 6.29. The van der Waals surface area contributed by atoms with Gasteiger partial charge in [0.05, 0.1) is 12.7 Å². The van der Waals surface area contributed by atoms with Gasteiger partial charge in [-0.2, -0.15) is 0 Å². The number of nitrogen functional groups attached to an aromatic ring is 1. The van der Waals surface area contributed by atoms with Crippen LogP contribution in [0.5, 0.6) is 5.75 Å². The van der Waals surface area contributed by atoms with Gasteiger partial charge in [0.1, 0.15) is 12.4 Å². The van der Waals surface area contributed by atoms with Crippen molar-refractivity contribution in [2.75, 3.05) is 18.9 Å². The third-order valence-electron chi connectivity index (χ3n) is 3.87. The Morgan fingerprint density at radius 2 is 1.74 bits per heavy atom. The summed E-state index contributed by atoms with van der Waals surface area (Å²) >= 11 is 0. The van der Waals surface area contributed by atoms with Crippen LogP contribution in [0.15, 0.2) is 24.3 Å². The smallest absolute Gasteiger partial charge is 0.119 e. The minimum absolute atomic E-state index is 0.419. The largest absolute Gasteiger partial charge is 0.491 e. The van der Waals surface area contributed by atoms with Crippen LogP contribution >= 0.6 is 0 Å². The number of rotatable bonds is 5. The molecule has 1 fully saturated rings. The van der Waals surface area contributed by atoms with Gasteiger partial charge in [-0.05, 0) is 55.4 Å². The minimum atomic E-state index is 0.419. The maximum atomic E-state index is 5.87. The van der Waals surface area contributed by atoms with Crippen LogP contribution in [0.3, 0.4) is 0 Å². The van der Waals surface area contributed by atoms with Gasteiger partial charge in [-0.15, -0.1) is 0 Å². The van der Waals surface area contributed by atoms with Crippen molar-refractivity contribution in [3.05, 3.63) is 24.3 Å². The van der Waals surface area contributed by atoms with Crippen molar-refractivity contribution in [2.45, 2.75) is 45.6 Å². The summed E-state index contributed by atoms with van der Waals surface area (Å²) in [5.74, 6) is 0.850. The molecule has 0 saturated heterocycles. The van der Waals surface area contributed by atoms with E-state index in [1.165, 1.54) is 25.7 Å². The molecule has 0 aliphatic heterocycles. The first-order valence-electron chi connectivity index (χ1n) is 7.15. The van der Waals surface area contributed by atoms with Crippen molar-refractivity contribution in [1.29, 1.82) is 0 Å². The van der Waals surface area contributed by atoms with Crippen LogP contribution in [0.1, 0.15) is 39.5 Å². The average molecular weight is 263 g/mol. The van der Waals surface area contributed by atoms with Crippen LogP contribution in [0.2, 0.25) is 0 Å². The molecular weight excluding hydrogens is 238 g/mol. The molecule has 3 nitrogen and oxygen atoms in total. The van der Waals surface area contributed by atoms with E-state index in [-0.39, 0.29) is 0 Å². The summed E-state index contributed by atoms with van der Waals surface area (Å²) in [6.45, 7) is 5.94. The van der Waals surface area contributed by atoms with Crippen molar-refractivity contribution in [3.63, 3.8) is 0 Å². The van der Waals surface area contributed by atoms with E-state index < -0.39 is 0 Å². The Balaban J connectivity index is 1.61. The lowest BCUT2D eigenvalue weighted by Crippen LogP contribution is -2.27. The van der Waals surface area contributed by atoms with Crippen LogP contribution < -0.4 is 10.5 Å². The fourth-order valence-corrected chi connectivity index (χ4v) is 2.48. The predicted molar refractivity (Wildman–Crippen MR) is 78.3 cm³/mol. The molecule has 0 amide bonds. The first kappa shape index (κ1) is 14.2. The van der Waals surface area contributed by atoms with Crippen molar-refractivity contribution in [3.8, 4) is 5.75 Å². The Hall–Kier alpha value is -1.22. The van der Waals surface area contributed by atoms with Crippen LogP contribution in [-0.2, 0) is 4.74 Å². The van der Waals surface area contributed by atoms with Gasteiger partial charge in [-0.3, -0.25) is 0 Å². The molecule has 106 valence electrons. The molecule has 1 aromatic carbocycles. The van der Waals surface area contributed by atoms with Crippen LogP contribution in [0.25, 0.3) is 0 Å². The van der Waals surface area contributed by atoms with E-state index in [2.05, 4.69) is 13.8 Å². The number of benzene rings is 1. The quantitative estimate of drug-likeness (QED) is 0.651. The second-order valence-electron chi connectivity index (χ2n) is 6.15. The molecule has 0 spiro atoms. The standard InChI is InChI=1S/C16H25NO2/c1-16(2)9-7-15(8-10-16)19-12-11-18-14-5-3-13(17)4-6-14/h3-6,15H,7-12,17H2,1-2H3. The molecule has 19 heavy (non-hydrogen) atoms. The molecule has 0 bridgehead atoms. The van der Waals surface area contributed by atoms with Crippen molar-refractivity contribution < 1.29 is 9.47 Å². The zero-order chi connectivity index (χ0) is 13.7. The van der Waals surface area contributed by atoms with Gasteiger partial charge < -0.3 is 15.2 Å². The summed E-state index contributed by atoms with van der Waals surface area (Å²) in [5.41, 5.74) is 6.88. The Morgan fingerprint density at radius 1 is 1.11 bits per heavy atom. The molecular formula is C16H25NO2. The number of ether oxygens (including phenoxy) is 2. The molecule has 1 aromatic rings. The summed E-state index contributed by atoms with van der Waals surface area (Å²) in [7, 11) is 0. The topological polar surface area (TPSA) is 44.5 Å². The van der Waals surface area contributed by atoms with Crippen molar-refractivity contribution >= 4 is 5.69 Å². The summed E-state index contributed by atoms with van der Waals surface area (Å²) in [6.07, 6.45) is 5.29. The Kier molecular flexibility index (Phi) is 4.70. The van der Waals surface area contributed by atoms with E-state index in [1.807, 2.05) is 24.3 Å². The molecule has 1 saturated carbocycles. The van der Waals surface area contributed by atoms with Gasteiger partial charge in [-0.25, -0.2) is 0 Å². The Labute approximate surface area is 116 Å². The summed E-state index contributed by atoms with van der Waals surface area (Å²) in [6, 6.07) is 7.47. The molecule has 3 heteroatoms. The molecule has 0 radical (unpaired) electrons. The molecule has 1 aliphatic carbocycles.